The lowest BCUT2D eigenvalue weighted by atomic mass is 10.1. The number of rotatable bonds is 8. The molecule has 1 amide bonds. The maximum Gasteiger partial charge on any atom is 0.234 e. The van der Waals surface area contributed by atoms with Gasteiger partial charge >= 0.3 is 0 Å². The van der Waals surface area contributed by atoms with E-state index in [0.29, 0.717) is 19.2 Å². The van der Waals surface area contributed by atoms with Crippen molar-refractivity contribution in [1.29, 1.82) is 0 Å². The average Bonchev–Trinajstić information content (AvgIpc) is 3.23. The van der Waals surface area contributed by atoms with Crippen molar-refractivity contribution in [2.75, 3.05) is 27.3 Å². The van der Waals surface area contributed by atoms with E-state index in [1.807, 2.05) is 25.2 Å². The standard InChI is InChI=1S/C16H24N2O2/c1-18(11-16(19)17-14-8-9-14)15(12-20-2)10-13-6-4-3-5-7-13/h3-7,14-15H,8-12H2,1-2H3,(H,17,19)/t15-/m0/s1. The first-order chi connectivity index (χ1) is 9.69. The number of carbonyl (C=O) groups is 1. The Morgan fingerprint density at radius 2 is 2.10 bits per heavy atom. The molecule has 0 bridgehead atoms. The van der Waals surface area contributed by atoms with Gasteiger partial charge in [0.15, 0.2) is 0 Å². The zero-order valence-electron chi connectivity index (χ0n) is 12.3. The zero-order chi connectivity index (χ0) is 14.4. The Hall–Kier alpha value is -1.39. The van der Waals surface area contributed by atoms with Crippen LogP contribution < -0.4 is 5.32 Å². The van der Waals surface area contributed by atoms with E-state index in [-0.39, 0.29) is 11.9 Å². The third-order valence-electron chi connectivity index (χ3n) is 3.63. The molecule has 110 valence electrons. The highest BCUT2D eigenvalue weighted by Gasteiger charge is 2.25. The molecule has 1 aromatic rings. The topological polar surface area (TPSA) is 41.6 Å². The molecule has 4 heteroatoms. The molecule has 2 rings (SSSR count). The van der Waals surface area contributed by atoms with E-state index in [9.17, 15) is 4.79 Å². The maximum atomic E-state index is 11.9. The number of likely N-dealkylation sites (N-methyl/N-ethyl adjacent to an activating group) is 1. The van der Waals surface area contributed by atoms with Crippen molar-refractivity contribution in [3.63, 3.8) is 0 Å². The summed E-state index contributed by atoms with van der Waals surface area (Å²) < 4.78 is 5.30. The molecular formula is C16H24N2O2. The molecule has 0 heterocycles. The molecule has 0 aliphatic heterocycles. The summed E-state index contributed by atoms with van der Waals surface area (Å²) in [6, 6.07) is 11.0. The van der Waals surface area contributed by atoms with Crippen molar-refractivity contribution in [2.24, 2.45) is 0 Å². The molecule has 1 aliphatic carbocycles. The number of benzene rings is 1. The minimum absolute atomic E-state index is 0.115. The first-order valence-corrected chi connectivity index (χ1v) is 7.21. The number of hydrogen-bond donors (Lipinski definition) is 1. The fraction of sp³-hybridized carbons (Fsp3) is 0.562. The predicted octanol–water partition coefficient (Wildman–Crippen LogP) is 1.45. The van der Waals surface area contributed by atoms with Gasteiger partial charge in [-0.05, 0) is 31.9 Å². The Balaban J connectivity index is 1.87. The second-order valence-corrected chi connectivity index (χ2v) is 5.56. The summed E-state index contributed by atoms with van der Waals surface area (Å²) in [4.78, 5) is 13.9. The van der Waals surface area contributed by atoms with Gasteiger partial charge in [0.2, 0.25) is 5.91 Å². The van der Waals surface area contributed by atoms with Crippen molar-refractivity contribution in [2.45, 2.75) is 31.3 Å². The third kappa shape index (κ3) is 4.94. The van der Waals surface area contributed by atoms with Crippen molar-refractivity contribution < 1.29 is 9.53 Å². The lowest BCUT2D eigenvalue weighted by Crippen LogP contribution is -2.44. The van der Waals surface area contributed by atoms with Crippen LogP contribution in [0.25, 0.3) is 0 Å². The third-order valence-corrected chi connectivity index (χ3v) is 3.63. The molecule has 0 spiro atoms. The number of amides is 1. The fourth-order valence-corrected chi connectivity index (χ4v) is 2.28. The minimum Gasteiger partial charge on any atom is -0.383 e. The van der Waals surface area contributed by atoms with E-state index in [1.54, 1.807) is 7.11 Å². The Morgan fingerprint density at radius 3 is 2.70 bits per heavy atom. The molecule has 0 aromatic heterocycles. The molecule has 1 atom stereocenters. The fourth-order valence-electron chi connectivity index (χ4n) is 2.28. The highest BCUT2D eigenvalue weighted by atomic mass is 16.5. The quantitative estimate of drug-likeness (QED) is 0.781. The summed E-state index contributed by atoms with van der Waals surface area (Å²) in [5.74, 6) is 0.115. The summed E-state index contributed by atoms with van der Waals surface area (Å²) in [5.41, 5.74) is 1.27. The van der Waals surface area contributed by atoms with Crippen LogP contribution in [0.4, 0.5) is 0 Å². The van der Waals surface area contributed by atoms with Gasteiger partial charge in [0.1, 0.15) is 0 Å². The van der Waals surface area contributed by atoms with E-state index in [4.69, 9.17) is 4.74 Å². The second kappa shape index (κ2) is 7.41. The van der Waals surface area contributed by atoms with E-state index in [1.165, 1.54) is 5.56 Å². The SMILES string of the molecule is COC[C@H](Cc1ccccc1)N(C)CC(=O)NC1CC1. The van der Waals surface area contributed by atoms with Crippen LogP contribution in [0.2, 0.25) is 0 Å². The molecule has 1 N–H and O–H groups in total. The summed E-state index contributed by atoms with van der Waals surface area (Å²) in [6.45, 7) is 1.06. The van der Waals surface area contributed by atoms with E-state index >= 15 is 0 Å². The van der Waals surface area contributed by atoms with Gasteiger partial charge in [-0.1, -0.05) is 30.3 Å². The molecule has 0 unspecified atom stereocenters. The molecule has 4 nitrogen and oxygen atoms in total. The van der Waals surface area contributed by atoms with Crippen LogP contribution in [0, 0.1) is 0 Å². The first-order valence-electron chi connectivity index (χ1n) is 7.21. The number of methoxy groups -OCH3 is 1. The van der Waals surface area contributed by atoms with Gasteiger partial charge in [-0.25, -0.2) is 0 Å². The van der Waals surface area contributed by atoms with E-state index < -0.39 is 0 Å². The highest BCUT2D eigenvalue weighted by molar-refractivity contribution is 5.78. The maximum absolute atomic E-state index is 11.9. The Bertz CT molecular complexity index is 418. The minimum atomic E-state index is 0.115. The van der Waals surface area contributed by atoms with Crippen LogP contribution in [0.1, 0.15) is 18.4 Å². The van der Waals surface area contributed by atoms with Gasteiger partial charge < -0.3 is 10.1 Å². The van der Waals surface area contributed by atoms with Gasteiger partial charge in [0.05, 0.1) is 13.2 Å². The molecule has 1 fully saturated rings. The molecular weight excluding hydrogens is 252 g/mol. The number of nitrogens with zero attached hydrogens (tertiary/aromatic N) is 1. The lowest BCUT2D eigenvalue weighted by molar-refractivity contribution is -0.122. The van der Waals surface area contributed by atoms with Crippen molar-refractivity contribution in [1.82, 2.24) is 10.2 Å². The summed E-state index contributed by atoms with van der Waals surface area (Å²) in [5, 5.41) is 3.02. The first kappa shape index (κ1) is 15.0. The van der Waals surface area contributed by atoms with Crippen LogP contribution >= 0.6 is 0 Å². The predicted molar refractivity (Wildman–Crippen MR) is 79.6 cm³/mol. The Morgan fingerprint density at radius 1 is 1.40 bits per heavy atom. The zero-order valence-corrected chi connectivity index (χ0v) is 12.3. The largest absolute Gasteiger partial charge is 0.383 e. The number of carbonyl (C=O) groups excluding carboxylic acids is 1. The molecule has 20 heavy (non-hydrogen) atoms. The second-order valence-electron chi connectivity index (χ2n) is 5.56. The van der Waals surface area contributed by atoms with Gasteiger partial charge in [-0.3, -0.25) is 9.69 Å². The van der Waals surface area contributed by atoms with Crippen molar-refractivity contribution in [3.05, 3.63) is 35.9 Å². The van der Waals surface area contributed by atoms with Crippen LogP contribution in [-0.2, 0) is 16.0 Å². The smallest absolute Gasteiger partial charge is 0.234 e. The van der Waals surface area contributed by atoms with Gasteiger partial charge in [0.25, 0.3) is 0 Å². The van der Waals surface area contributed by atoms with Crippen LogP contribution in [-0.4, -0.2) is 50.2 Å². The summed E-state index contributed by atoms with van der Waals surface area (Å²) in [7, 11) is 3.69. The van der Waals surface area contributed by atoms with Crippen molar-refractivity contribution >= 4 is 5.91 Å². The summed E-state index contributed by atoms with van der Waals surface area (Å²) >= 11 is 0. The van der Waals surface area contributed by atoms with E-state index in [2.05, 4.69) is 22.3 Å². The number of ether oxygens (including phenoxy) is 1. The summed E-state index contributed by atoms with van der Waals surface area (Å²) in [6.07, 6.45) is 3.14. The highest BCUT2D eigenvalue weighted by Crippen LogP contribution is 2.18. The lowest BCUT2D eigenvalue weighted by Gasteiger charge is -2.27. The van der Waals surface area contributed by atoms with Crippen LogP contribution in [0.3, 0.4) is 0 Å². The Kier molecular flexibility index (Phi) is 5.56. The van der Waals surface area contributed by atoms with E-state index in [0.717, 1.165) is 19.3 Å². The van der Waals surface area contributed by atoms with Gasteiger partial charge in [-0.2, -0.15) is 0 Å². The van der Waals surface area contributed by atoms with Crippen LogP contribution in [0.5, 0.6) is 0 Å². The molecule has 1 aromatic carbocycles. The van der Waals surface area contributed by atoms with Crippen molar-refractivity contribution in [3.8, 4) is 0 Å². The molecule has 0 radical (unpaired) electrons. The van der Waals surface area contributed by atoms with Gasteiger partial charge in [0, 0.05) is 19.2 Å². The van der Waals surface area contributed by atoms with Gasteiger partial charge in [-0.15, -0.1) is 0 Å². The molecule has 1 aliphatic rings. The average molecular weight is 276 g/mol. The molecule has 1 saturated carbocycles. The van der Waals surface area contributed by atoms with Crippen LogP contribution in [0.15, 0.2) is 30.3 Å². The Labute approximate surface area is 121 Å². The normalized spacial score (nSPS) is 16.1. The number of nitrogens with one attached hydrogen (secondary N) is 1. The number of hydrogen-bond acceptors (Lipinski definition) is 3. The monoisotopic (exact) mass is 276 g/mol. The molecule has 0 saturated heterocycles.